The third-order valence-electron chi connectivity index (χ3n) is 6.24. The standard InChI is InChI=1S/C31H62O6/c1-3-5-6-7-8-9-10-11-12-13-14-15-16-17-18-19-21-33-23-25-35-27-29-37-31-30-36-28-26-34-24-22-32-20-4-2/h4H,2-3,5-31H2,1H3. The molecule has 0 N–H and O–H groups in total. The predicted molar refractivity (Wildman–Crippen MR) is 155 cm³/mol. The average molecular weight is 531 g/mol. The van der Waals surface area contributed by atoms with Gasteiger partial charge in [-0.15, -0.1) is 6.58 Å². The fourth-order valence-electron chi connectivity index (χ4n) is 4.02. The topological polar surface area (TPSA) is 55.4 Å². The summed E-state index contributed by atoms with van der Waals surface area (Å²) >= 11 is 0. The molecule has 0 bridgehead atoms. The second kappa shape index (κ2) is 35.5. The van der Waals surface area contributed by atoms with Gasteiger partial charge < -0.3 is 28.4 Å². The van der Waals surface area contributed by atoms with Crippen molar-refractivity contribution < 1.29 is 28.4 Å². The molecule has 0 aliphatic rings. The van der Waals surface area contributed by atoms with Crippen LogP contribution in [0.3, 0.4) is 0 Å². The Labute approximate surface area is 230 Å². The van der Waals surface area contributed by atoms with Crippen molar-refractivity contribution in [2.24, 2.45) is 0 Å². The van der Waals surface area contributed by atoms with Crippen LogP contribution >= 0.6 is 0 Å². The Hall–Kier alpha value is -0.500. The molecular weight excluding hydrogens is 468 g/mol. The fourth-order valence-corrected chi connectivity index (χ4v) is 4.02. The lowest BCUT2D eigenvalue weighted by molar-refractivity contribution is -0.0158. The Kier molecular flexibility index (Phi) is 35.0. The zero-order chi connectivity index (χ0) is 26.7. The van der Waals surface area contributed by atoms with Crippen LogP contribution in [0.25, 0.3) is 0 Å². The first-order chi connectivity index (χ1) is 18.4. The summed E-state index contributed by atoms with van der Waals surface area (Å²) in [6.45, 7) is 13.2. The summed E-state index contributed by atoms with van der Waals surface area (Å²) in [5.41, 5.74) is 0. The highest BCUT2D eigenvalue weighted by molar-refractivity contribution is 4.63. The lowest BCUT2D eigenvalue weighted by Crippen LogP contribution is -2.14. The third kappa shape index (κ3) is 35.5. The molecule has 0 saturated heterocycles. The van der Waals surface area contributed by atoms with Crippen LogP contribution in [0.1, 0.15) is 110 Å². The van der Waals surface area contributed by atoms with Crippen LogP contribution in [0.5, 0.6) is 0 Å². The molecule has 0 saturated carbocycles. The quantitative estimate of drug-likeness (QED) is 0.0633. The van der Waals surface area contributed by atoms with Crippen LogP contribution in [0.4, 0.5) is 0 Å². The fraction of sp³-hybridized carbons (Fsp3) is 0.935. The maximum atomic E-state index is 5.66. The first-order valence-electron chi connectivity index (χ1n) is 15.5. The Morgan fingerprint density at radius 2 is 0.622 bits per heavy atom. The molecule has 37 heavy (non-hydrogen) atoms. The summed E-state index contributed by atoms with van der Waals surface area (Å²) in [7, 11) is 0. The lowest BCUT2D eigenvalue weighted by atomic mass is 10.0. The molecule has 0 radical (unpaired) electrons. The maximum absolute atomic E-state index is 5.66. The molecule has 0 aromatic heterocycles. The molecule has 0 atom stereocenters. The van der Waals surface area contributed by atoms with Crippen molar-refractivity contribution in [3.8, 4) is 0 Å². The smallest absolute Gasteiger partial charge is 0.0704 e. The van der Waals surface area contributed by atoms with Gasteiger partial charge in [-0.1, -0.05) is 109 Å². The molecule has 0 heterocycles. The van der Waals surface area contributed by atoms with Crippen molar-refractivity contribution in [3.05, 3.63) is 12.7 Å². The van der Waals surface area contributed by atoms with Gasteiger partial charge in [-0.25, -0.2) is 0 Å². The summed E-state index contributed by atoms with van der Waals surface area (Å²) in [4.78, 5) is 0. The van der Waals surface area contributed by atoms with Crippen molar-refractivity contribution in [3.63, 3.8) is 0 Å². The highest BCUT2D eigenvalue weighted by atomic mass is 16.6. The average Bonchev–Trinajstić information content (AvgIpc) is 2.91. The van der Waals surface area contributed by atoms with Gasteiger partial charge in [-0.2, -0.15) is 0 Å². The second-order valence-electron chi connectivity index (χ2n) is 9.73. The highest BCUT2D eigenvalue weighted by Gasteiger charge is 1.96. The van der Waals surface area contributed by atoms with Gasteiger partial charge in [0.25, 0.3) is 0 Å². The molecule has 0 aliphatic carbocycles. The van der Waals surface area contributed by atoms with E-state index in [0.29, 0.717) is 72.7 Å². The highest BCUT2D eigenvalue weighted by Crippen LogP contribution is 2.13. The van der Waals surface area contributed by atoms with Crippen LogP contribution in [-0.4, -0.2) is 79.3 Å². The summed E-state index contributed by atoms with van der Waals surface area (Å²) in [5, 5.41) is 0. The SMILES string of the molecule is C=CCOCCOCCOCCOCCOCCOCCCCCCCCCCCCCCCCCC. The first-order valence-corrected chi connectivity index (χ1v) is 15.5. The molecule has 0 spiro atoms. The molecule has 6 heteroatoms. The van der Waals surface area contributed by atoms with E-state index in [1.165, 1.54) is 96.3 Å². The van der Waals surface area contributed by atoms with Gasteiger partial charge in [-0.3, -0.25) is 0 Å². The van der Waals surface area contributed by atoms with Crippen molar-refractivity contribution >= 4 is 0 Å². The van der Waals surface area contributed by atoms with E-state index in [1.54, 1.807) is 6.08 Å². The van der Waals surface area contributed by atoms with Crippen molar-refractivity contribution in [2.45, 2.75) is 110 Å². The number of ether oxygens (including phenoxy) is 6. The van der Waals surface area contributed by atoms with Gasteiger partial charge in [0.05, 0.1) is 72.7 Å². The van der Waals surface area contributed by atoms with Crippen LogP contribution in [-0.2, 0) is 28.4 Å². The van der Waals surface area contributed by atoms with Crippen LogP contribution in [0, 0.1) is 0 Å². The molecular formula is C31H62O6. The molecule has 222 valence electrons. The Morgan fingerprint density at radius 1 is 0.351 bits per heavy atom. The maximum Gasteiger partial charge on any atom is 0.0704 e. The van der Waals surface area contributed by atoms with Gasteiger partial charge in [0.15, 0.2) is 0 Å². The second-order valence-corrected chi connectivity index (χ2v) is 9.73. The zero-order valence-electron chi connectivity index (χ0n) is 24.5. The van der Waals surface area contributed by atoms with Gasteiger partial charge in [0, 0.05) is 6.61 Å². The Bertz CT molecular complexity index is 407. The van der Waals surface area contributed by atoms with E-state index in [2.05, 4.69) is 13.5 Å². The molecule has 0 aromatic rings. The first kappa shape index (κ1) is 36.5. The van der Waals surface area contributed by atoms with E-state index in [1.807, 2.05) is 0 Å². The predicted octanol–water partition coefficient (Wildman–Crippen LogP) is 7.53. The molecule has 0 aliphatic heterocycles. The largest absolute Gasteiger partial charge is 0.379 e. The van der Waals surface area contributed by atoms with Gasteiger partial charge in [-0.05, 0) is 6.42 Å². The number of hydrogen-bond acceptors (Lipinski definition) is 6. The molecule has 0 unspecified atom stereocenters. The van der Waals surface area contributed by atoms with E-state index in [-0.39, 0.29) is 0 Å². The molecule has 0 aromatic carbocycles. The number of hydrogen-bond donors (Lipinski definition) is 0. The van der Waals surface area contributed by atoms with Crippen LogP contribution in [0.2, 0.25) is 0 Å². The summed E-state index contributed by atoms with van der Waals surface area (Å²) < 4.78 is 32.7. The van der Waals surface area contributed by atoms with Gasteiger partial charge >= 0.3 is 0 Å². The Morgan fingerprint density at radius 3 is 0.946 bits per heavy atom. The van der Waals surface area contributed by atoms with Crippen molar-refractivity contribution in [2.75, 3.05) is 79.3 Å². The van der Waals surface area contributed by atoms with Crippen LogP contribution in [0.15, 0.2) is 12.7 Å². The minimum Gasteiger partial charge on any atom is -0.379 e. The van der Waals surface area contributed by atoms with Gasteiger partial charge in [0.1, 0.15) is 0 Å². The summed E-state index contributed by atoms with van der Waals surface area (Å²) in [6, 6.07) is 0. The van der Waals surface area contributed by atoms with Crippen LogP contribution < -0.4 is 0 Å². The minimum atomic E-state index is 0.563. The zero-order valence-corrected chi connectivity index (χ0v) is 24.5. The molecule has 0 rings (SSSR count). The van der Waals surface area contributed by atoms with E-state index in [9.17, 15) is 0 Å². The molecule has 6 nitrogen and oxygen atoms in total. The lowest BCUT2D eigenvalue weighted by Gasteiger charge is -2.08. The number of unbranched alkanes of at least 4 members (excludes halogenated alkanes) is 15. The normalized spacial score (nSPS) is 11.4. The number of rotatable bonds is 34. The molecule has 0 fully saturated rings. The van der Waals surface area contributed by atoms with E-state index in [4.69, 9.17) is 28.4 Å². The van der Waals surface area contributed by atoms with E-state index in [0.717, 1.165) is 13.0 Å². The Balaban J connectivity index is 3.01. The summed E-state index contributed by atoms with van der Waals surface area (Å²) in [5.74, 6) is 0. The van der Waals surface area contributed by atoms with Gasteiger partial charge in [0.2, 0.25) is 0 Å². The van der Waals surface area contributed by atoms with E-state index >= 15 is 0 Å². The minimum absolute atomic E-state index is 0.563. The van der Waals surface area contributed by atoms with Crippen molar-refractivity contribution in [1.29, 1.82) is 0 Å². The monoisotopic (exact) mass is 530 g/mol. The van der Waals surface area contributed by atoms with E-state index < -0.39 is 0 Å². The third-order valence-corrected chi connectivity index (χ3v) is 6.24. The van der Waals surface area contributed by atoms with Crippen molar-refractivity contribution in [1.82, 2.24) is 0 Å². The summed E-state index contributed by atoms with van der Waals surface area (Å²) in [6.07, 6.45) is 24.1. The molecule has 0 amide bonds.